The molecule has 5 heterocycles. The first-order valence-electron chi connectivity index (χ1n) is 14.0. The van der Waals surface area contributed by atoms with Crippen LogP contribution in [0.15, 0.2) is 54.4 Å². The number of rotatable bonds is 7. The molecule has 1 atom stereocenters. The highest BCUT2D eigenvalue weighted by atomic mass is 32.1. The third-order valence-electron chi connectivity index (χ3n) is 8.12. The Morgan fingerprint density at radius 1 is 1.12 bits per heavy atom. The van der Waals surface area contributed by atoms with Gasteiger partial charge in [-0.1, -0.05) is 12.1 Å². The summed E-state index contributed by atoms with van der Waals surface area (Å²) < 4.78 is 38.1. The summed E-state index contributed by atoms with van der Waals surface area (Å²) in [6.45, 7) is 5.71. The van der Waals surface area contributed by atoms with Crippen LogP contribution in [0, 0.1) is 6.92 Å². The van der Waals surface area contributed by atoms with Gasteiger partial charge in [-0.15, -0.1) is 11.3 Å². The number of fused-ring (bicyclic) bond motifs is 2. The van der Waals surface area contributed by atoms with Crippen LogP contribution in [0.2, 0.25) is 0 Å². The van der Waals surface area contributed by atoms with Gasteiger partial charge >= 0.3 is 0 Å². The van der Waals surface area contributed by atoms with Crippen molar-refractivity contribution in [1.29, 1.82) is 0 Å². The van der Waals surface area contributed by atoms with Gasteiger partial charge in [0.25, 0.3) is 12.3 Å². The van der Waals surface area contributed by atoms with E-state index in [4.69, 9.17) is 9.84 Å². The van der Waals surface area contributed by atoms with E-state index in [1.165, 1.54) is 16.0 Å². The number of hydrogen-bond acceptors (Lipinski definition) is 7. The van der Waals surface area contributed by atoms with Crippen molar-refractivity contribution in [1.82, 2.24) is 24.3 Å². The molecule has 1 amide bonds. The fourth-order valence-electron chi connectivity index (χ4n) is 6.00. The van der Waals surface area contributed by atoms with Crippen LogP contribution in [0.4, 0.5) is 19.6 Å². The molecule has 1 fully saturated rings. The maximum absolute atomic E-state index is 14.5. The molecule has 42 heavy (non-hydrogen) atoms. The molecule has 2 aliphatic heterocycles. The Hall–Kier alpha value is -4.16. The summed E-state index contributed by atoms with van der Waals surface area (Å²) in [7, 11) is 0. The molecular formula is C30H29F2N7O2S. The van der Waals surface area contributed by atoms with Crippen LogP contribution < -0.4 is 10.2 Å². The molecule has 1 saturated heterocycles. The second-order valence-electron chi connectivity index (χ2n) is 10.6. The van der Waals surface area contributed by atoms with Crippen molar-refractivity contribution >= 4 is 39.0 Å². The minimum Gasteiger partial charge on any atom is -0.378 e. The standard InChI is InChI=1S/C30H29F2N7O2S/c1-18-21(19-4-6-20(7-5-19)37-10-12-41-13-11-37)15-22(28(31)32)23-16-39(36-25(18)23)27(29(40)35-30-33-8-14-42-30)26-24-3-2-9-38(24)17-34-26/h4-8,14-17,27-28H,2-3,9-13H2,1H3,(H,33,35,40). The van der Waals surface area contributed by atoms with E-state index in [1.807, 2.05) is 35.8 Å². The van der Waals surface area contributed by atoms with Crippen LogP contribution in [0.5, 0.6) is 0 Å². The van der Waals surface area contributed by atoms with Gasteiger partial charge in [0, 0.05) is 59.7 Å². The van der Waals surface area contributed by atoms with E-state index in [1.54, 1.807) is 30.2 Å². The van der Waals surface area contributed by atoms with Gasteiger partial charge in [0.15, 0.2) is 11.2 Å². The lowest BCUT2D eigenvalue weighted by Gasteiger charge is -2.29. The molecular weight excluding hydrogens is 560 g/mol. The summed E-state index contributed by atoms with van der Waals surface area (Å²) in [4.78, 5) is 24.8. The van der Waals surface area contributed by atoms with Crippen molar-refractivity contribution in [2.24, 2.45) is 0 Å². The number of ether oxygens (including phenoxy) is 1. The molecule has 0 saturated carbocycles. The van der Waals surface area contributed by atoms with Crippen LogP contribution in [0.25, 0.3) is 22.0 Å². The highest BCUT2D eigenvalue weighted by molar-refractivity contribution is 7.13. The predicted molar refractivity (Wildman–Crippen MR) is 157 cm³/mol. The van der Waals surface area contributed by atoms with Gasteiger partial charge in [0.2, 0.25) is 0 Å². The van der Waals surface area contributed by atoms with Gasteiger partial charge < -0.3 is 14.2 Å². The molecule has 0 spiro atoms. The number of morpholine rings is 1. The van der Waals surface area contributed by atoms with E-state index in [9.17, 15) is 13.6 Å². The average Bonchev–Trinajstić information content (AvgIpc) is 3.81. The molecule has 1 N–H and O–H groups in total. The largest absolute Gasteiger partial charge is 0.378 e. The number of halogens is 2. The zero-order valence-electron chi connectivity index (χ0n) is 23.0. The summed E-state index contributed by atoms with van der Waals surface area (Å²) in [6, 6.07) is 8.56. The topological polar surface area (TPSA) is 90.1 Å². The second kappa shape index (κ2) is 10.9. The first kappa shape index (κ1) is 26.7. The number of anilines is 2. The number of benzene rings is 2. The Morgan fingerprint density at radius 3 is 2.67 bits per heavy atom. The Balaban J connectivity index is 1.32. The maximum atomic E-state index is 14.5. The summed E-state index contributed by atoms with van der Waals surface area (Å²) >= 11 is 1.30. The zero-order chi connectivity index (χ0) is 28.8. The van der Waals surface area contributed by atoms with E-state index in [0.717, 1.165) is 55.0 Å². The van der Waals surface area contributed by atoms with Crippen molar-refractivity contribution in [2.45, 2.75) is 38.8 Å². The molecule has 2 aromatic carbocycles. The molecule has 5 aromatic rings. The second-order valence-corrected chi connectivity index (χ2v) is 11.5. The Morgan fingerprint density at radius 2 is 1.93 bits per heavy atom. The van der Waals surface area contributed by atoms with Crippen LogP contribution in [-0.2, 0) is 22.5 Å². The molecule has 1 unspecified atom stereocenters. The third kappa shape index (κ3) is 4.74. The smallest absolute Gasteiger partial charge is 0.264 e. The van der Waals surface area contributed by atoms with Crippen LogP contribution in [-0.4, -0.2) is 56.5 Å². The number of aromatic nitrogens is 5. The average molecular weight is 590 g/mol. The number of imidazole rings is 1. The summed E-state index contributed by atoms with van der Waals surface area (Å²) in [5.41, 5.74) is 5.19. The number of carbonyl (C=O) groups is 1. The van der Waals surface area contributed by atoms with Crippen molar-refractivity contribution in [3.63, 3.8) is 0 Å². The van der Waals surface area contributed by atoms with Gasteiger partial charge in [-0.2, -0.15) is 5.10 Å². The van der Waals surface area contributed by atoms with Crippen molar-refractivity contribution in [2.75, 3.05) is 36.5 Å². The first-order chi connectivity index (χ1) is 20.5. The Labute approximate surface area is 244 Å². The maximum Gasteiger partial charge on any atom is 0.264 e. The lowest BCUT2D eigenvalue weighted by atomic mass is 9.95. The van der Waals surface area contributed by atoms with E-state index >= 15 is 0 Å². The normalized spacial score (nSPS) is 15.9. The zero-order valence-corrected chi connectivity index (χ0v) is 23.8. The Bertz CT molecular complexity index is 1740. The number of amides is 1. The summed E-state index contributed by atoms with van der Waals surface area (Å²) in [6.07, 6.45) is 3.91. The minimum atomic E-state index is -2.73. The monoisotopic (exact) mass is 589 g/mol. The van der Waals surface area contributed by atoms with Crippen molar-refractivity contribution in [3.8, 4) is 11.1 Å². The van der Waals surface area contributed by atoms with Crippen LogP contribution >= 0.6 is 11.3 Å². The van der Waals surface area contributed by atoms with Gasteiger partial charge in [0.1, 0.15) is 0 Å². The number of thiazole rings is 1. The van der Waals surface area contributed by atoms with Crippen molar-refractivity contribution < 1.29 is 18.3 Å². The highest BCUT2D eigenvalue weighted by Gasteiger charge is 2.33. The molecule has 2 aliphatic rings. The molecule has 7 rings (SSSR count). The molecule has 0 aliphatic carbocycles. The number of hydrogen-bond donors (Lipinski definition) is 1. The van der Waals surface area contributed by atoms with Gasteiger partial charge in [-0.05, 0) is 54.7 Å². The van der Waals surface area contributed by atoms with Gasteiger partial charge in [-0.3, -0.25) is 14.8 Å². The molecule has 12 heteroatoms. The number of alkyl halides is 2. The number of nitrogens with zero attached hydrogens (tertiary/aromatic N) is 6. The van der Waals surface area contributed by atoms with Crippen LogP contribution in [0.3, 0.4) is 0 Å². The fourth-order valence-corrected chi connectivity index (χ4v) is 6.53. The van der Waals surface area contributed by atoms with Gasteiger partial charge in [0.05, 0.1) is 30.8 Å². The third-order valence-corrected chi connectivity index (χ3v) is 8.81. The van der Waals surface area contributed by atoms with E-state index < -0.39 is 12.5 Å². The Kier molecular flexibility index (Phi) is 6.95. The predicted octanol–water partition coefficient (Wildman–Crippen LogP) is 5.61. The number of nitrogens with one attached hydrogen (secondary N) is 1. The fraction of sp³-hybridized carbons (Fsp3) is 0.333. The molecule has 0 bridgehead atoms. The SMILES string of the molecule is Cc1c(-c2ccc(N3CCOCC3)cc2)cc(C(F)F)c2cn(C(C(=O)Nc3nccs3)c3ncn4c3CCC4)nc12. The quantitative estimate of drug-likeness (QED) is 0.265. The molecule has 3 aromatic heterocycles. The highest BCUT2D eigenvalue weighted by Crippen LogP contribution is 2.38. The van der Waals surface area contributed by atoms with Crippen LogP contribution in [0.1, 0.15) is 41.4 Å². The molecule has 9 nitrogen and oxygen atoms in total. The first-order valence-corrected chi connectivity index (χ1v) is 14.8. The van der Waals surface area contributed by atoms with Crippen molar-refractivity contribution in [3.05, 3.63) is 76.9 Å². The number of aryl methyl sites for hydroxylation is 2. The lowest BCUT2D eigenvalue weighted by molar-refractivity contribution is -0.118. The van der Waals surface area contributed by atoms with E-state index in [-0.39, 0.29) is 11.5 Å². The molecule has 216 valence electrons. The minimum absolute atomic E-state index is 0.122. The summed E-state index contributed by atoms with van der Waals surface area (Å²) in [5, 5.41) is 10.2. The summed E-state index contributed by atoms with van der Waals surface area (Å²) in [5.74, 6) is -0.374. The lowest BCUT2D eigenvalue weighted by Crippen LogP contribution is -2.36. The van der Waals surface area contributed by atoms with E-state index in [0.29, 0.717) is 40.5 Å². The molecule has 0 radical (unpaired) electrons. The van der Waals surface area contributed by atoms with E-state index in [2.05, 4.69) is 20.2 Å². The van der Waals surface area contributed by atoms with Gasteiger partial charge in [-0.25, -0.2) is 18.7 Å². The number of carbonyl (C=O) groups excluding carboxylic acids is 1.